The normalized spacial score (nSPS) is 12.1. The van der Waals surface area contributed by atoms with Crippen LogP contribution in [-0.4, -0.2) is 58.0 Å². The monoisotopic (exact) mass is 524 g/mol. The second-order valence-corrected chi connectivity index (χ2v) is 8.32. The molecule has 37 heavy (non-hydrogen) atoms. The summed E-state index contributed by atoms with van der Waals surface area (Å²) in [4.78, 5) is 37.4. The van der Waals surface area contributed by atoms with E-state index < -0.39 is 11.9 Å². The summed E-state index contributed by atoms with van der Waals surface area (Å²) < 4.78 is 19.4. The summed E-state index contributed by atoms with van der Waals surface area (Å²) in [6.45, 7) is 0.775. The fraction of sp³-hybridized carbons (Fsp3) is 0.292. The molecule has 0 saturated carbocycles. The number of hydrogen-bond acceptors (Lipinski definition) is 12. The first kappa shape index (κ1) is 27.2. The topological polar surface area (TPSA) is 155 Å². The van der Waals surface area contributed by atoms with Crippen molar-refractivity contribution in [2.45, 2.75) is 6.92 Å². The molecule has 0 unspecified atom stereocenters. The van der Waals surface area contributed by atoms with E-state index in [1.54, 1.807) is 18.2 Å². The molecule has 1 amide bonds. The van der Waals surface area contributed by atoms with Gasteiger partial charge in [0.15, 0.2) is 0 Å². The summed E-state index contributed by atoms with van der Waals surface area (Å²) in [7, 11) is 3.88. The number of hydrogen-bond donors (Lipinski definition) is 1. The number of nitrogens with one attached hydrogen (secondary N) is 1. The van der Waals surface area contributed by atoms with E-state index in [0.29, 0.717) is 33.3 Å². The molecule has 0 saturated heterocycles. The van der Waals surface area contributed by atoms with E-state index in [9.17, 15) is 19.6 Å². The highest BCUT2D eigenvalue weighted by atomic mass is 32.2. The predicted octanol–water partition coefficient (Wildman–Crippen LogP) is 1.85. The summed E-state index contributed by atoms with van der Waals surface area (Å²) in [6.07, 6.45) is 0. The van der Waals surface area contributed by atoms with Crippen LogP contribution in [0.25, 0.3) is 5.70 Å². The van der Waals surface area contributed by atoms with Gasteiger partial charge in [0.2, 0.25) is 5.91 Å². The van der Waals surface area contributed by atoms with E-state index in [4.69, 9.17) is 14.2 Å². The number of anilines is 2. The second kappa shape index (κ2) is 12.5. The number of nitrogens with zero attached hydrogens (tertiary/aromatic N) is 5. The van der Waals surface area contributed by atoms with Gasteiger partial charge in [-0.25, -0.2) is 4.40 Å². The molecule has 0 bridgehead atoms. The summed E-state index contributed by atoms with van der Waals surface area (Å²) in [6, 6.07) is 10.3. The number of esters is 2. The lowest BCUT2D eigenvalue weighted by molar-refractivity contribution is -0.140. The molecule has 0 atom stereocenters. The third-order valence-corrected chi connectivity index (χ3v) is 5.85. The van der Waals surface area contributed by atoms with Gasteiger partial charge in [-0.05, 0) is 36.2 Å². The Morgan fingerprint density at radius 2 is 1.81 bits per heavy atom. The number of carbonyl (C=O) groups excluding carboxylic acids is 3. The van der Waals surface area contributed by atoms with Gasteiger partial charge in [0.1, 0.15) is 24.5 Å². The zero-order chi connectivity index (χ0) is 26.9. The fourth-order valence-electron chi connectivity index (χ4n) is 3.36. The van der Waals surface area contributed by atoms with Crippen LogP contribution in [0.3, 0.4) is 0 Å². The van der Waals surface area contributed by atoms with Crippen LogP contribution < -0.4 is 25.5 Å². The van der Waals surface area contributed by atoms with Crippen LogP contribution in [0.5, 0.6) is 5.75 Å². The molecular weight excluding hydrogens is 500 g/mol. The Bertz CT molecular complexity index is 1400. The maximum absolute atomic E-state index is 12.0. The molecule has 0 radical (unpaired) electrons. The molecule has 12 nitrogen and oxygen atoms in total. The van der Waals surface area contributed by atoms with Gasteiger partial charge in [0.05, 0.1) is 61.1 Å². The summed E-state index contributed by atoms with van der Waals surface area (Å²) in [5, 5.41) is 22.1. The minimum Gasteiger partial charge on any atom is -0.494 e. The molecule has 1 aliphatic rings. The Kier molecular flexibility index (Phi) is 9.17. The molecule has 0 fully saturated rings. The number of carbonyl (C=O) groups is 3. The number of ether oxygens (including phenoxy) is 3. The standard InChI is InChI=1S/C24H24N6O6S/c1-14(31)26-18-8-21(30(11-23(32)35-3)12-24(33)36-4)22(34-2)9-19(18)27-28-20-13-37-29-17-6-5-15(10-25)7-16(17)20/h5-9H,11-13H2,1-4H3,(H,26,31). The molecule has 2 aromatic carbocycles. The molecule has 1 N–H and O–H groups in total. The van der Waals surface area contributed by atoms with Crippen molar-refractivity contribution in [3.63, 3.8) is 0 Å². The first-order valence-electron chi connectivity index (χ1n) is 10.8. The maximum atomic E-state index is 12.0. The van der Waals surface area contributed by atoms with Gasteiger partial charge >= 0.3 is 11.9 Å². The van der Waals surface area contributed by atoms with Gasteiger partial charge in [0.25, 0.3) is 0 Å². The van der Waals surface area contributed by atoms with Crippen molar-refractivity contribution in [1.82, 2.24) is 0 Å². The van der Waals surface area contributed by atoms with Crippen LogP contribution in [0.4, 0.5) is 17.1 Å². The summed E-state index contributed by atoms with van der Waals surface area (Å²) in [5.74, 6) is -0.863. The van der Waals surface area contributed by atoms with Gasteiger partial charge in [-0.2, -0.15) is 10.4 Å². The van der Waals surface area contributed by atoms with Crippen LogP contribution >= 0.6 is 11.9 Å². The van der Waals surface area contributed by atoms with E-state index >= 15 is 0 Å². The third kappa shape index (κ3) is 6.83. The maximum Gasteiger partial charge on any atom is 0.325 e. The Morgan fingerprint density at radius 3 is 2.41 bits per heavy atom. The molecule has 3 rings (SSSR count). The average molecular weight is 525 g/mol. The minimum absolute atomic E-state index is 0.265. The van der Waals surface area contributed by atoms with Crippen molar-refractivity contribution in [3.8, 4) is 11.8 Å². The first-order valence-corrected chi connectivity index (χ1v) is 11.8. The Labute approximate surface area is 216 Å². The van der Waals surface area contributed by atoms with Crippen LogP contribution in [0, 0.1) is 11.3 Å². The largest absolute Gasteiger partial charge is 0.494 e. The van der Waals surface area contributed by atoms with Gasteiger partial charge in [0, 0.05) is 18.2 Å². The molecule has 2 aromatic rings. The highest BCUT2D eigenvalue weighted by Crippen LogP contribution is 2.39. The molecule has 13 heteroatoms. The quantitative estimate of drug-likeness (QED) is 0.294. The number of azo groups is 1. The Hall–Kier alpha value is -4.44. The van der Waals surface area contributed by atoms with Crippen LogP contribution in [-0.2, 0) is 23.9 Å². The number of benzene rings is 2. The molecule has 0 aromatic heterocycles. The third-order valence-electron chi connectivity index (χ3n) is 5.12. The number of nitriles is 1. The van der Waals surface area contributed by atoms with E-state index in [-0.39, 0.29) is 36.1 Å². The summed E-state index contributed by atoms with van der Waals surface area (Å²) in [5.41, 5.74) is 1.93. The van der Waals surface area contributed by atoms with Gasteiger partial charge in [-0.3, -0.25) is 14.4 Å². The SMILES string of the molecule is COC(=O)CN(CC(=O)OC)c1cc(NC(C)=O)c(N=NC2=c3cc(C#N)ccc3=NSC2)cc1OC. The zero-order valence-electron chi connectivity index (χ0n) is 20.6. The Balaban J connectivity index is 2.13. The van der Waals surface area contributed by atoms with Crippen molar-refractivity contribution < 1.29 is 28.6 Å². The molecule has 1 aliphatic heterocycles. The van der Waals surface area contributed by atoms with Crippen LogP contribution in [0.1, 0.15) is 12.5 Å². The smallest absolute Gasteiger partial charge is 0.325 e. The summed E-state index contributed by atoms with van der Waals surface area (Å²) >= 11 is 1.30. The number of amides is 1. The number of methoxy groups -OCH3 is 3. The molecule has 192 valence electrons. The minimum atomic E-state index is -0.595. The van der Waals surface area contributed by atoms with E-state index in [1.807, 2.05) is 0 Å². The van der Waals surface area contributed by atoms with Crippen molar-refractivity contribution >= 4 is 52.6 Å². The molecular formula is C24H24N6O6S. The van der Waals surface area contributed by atoms with Crippen molar-refractivity contribution in [2.24, 2.45) is 14.6 Å². The van der Waals surface area contributed by atoms with E-state index in [1.165, 1.54) is 57.2 Å². The highest BCUT2D eigenvalue weighted by molar-refractivity contribution is 7.98. The van der Waals surface area contributed by atoms with Crippen LogP contribution in [0.15, 0.2) is 45.0 Å². The lowest BCUT2D eigenvalue weighted by Gasteiger charge is -2.25. The average Bonchev–Trinajstić information content (AvgIpc) is 2.90. The van der Waals surface area contributed by atoms with Crippen molar-refractivity contribution in [1.29, 1.82) is 5.26 Å². The van der Waals surface area contributed by atoms with Crippen molar-refractivity contribution in [3.05, 3.63) is 46.5 Å². The van der Waals surface area contributed by atoms with Crippen LogP contribution in [0.2, 0.25) is 0 Å². The zero-order valence-corrected chi connectivity index (χ0v) is 21.4. The molecule has 0 aliphatic carbocycles. The molecule has 0 spiro atoms. The second-order valence-electron chi connectivity index (χ2n) is 7.59. The number of fused-ring (bicyclic) bond motifs is 1. The first-order chi connectivity index (χ1) is 17.8. The van der Waals surface area contributed by atoms with E-state index in [2.05, 4.69) is 26.0 Å². The van der Waals surface area contributed by atoms with E-state index in [0.717, 1.165) is 0 Å². The highest BCUT2D eigenvalue weighted by Gasteiger charge is 2.22. The predicted molar refractivity (Wildman–Crippen MR) is 136 cm³/mol. The fourth-order valence-corrected chi connectivity index (χ4v) is 4.06. The molecule has 1 heterocycles. The lowest BCUT2D eigenvalue weighted by atomic mass is 10.1. The Morgan fingerprint density at radius 1 is 1.11 bits per heavy atom. The van der Waals surface area contributed by atoms with Gasteiger partial charge in [-0.15, -0.1) is 5.11 Å². The number of rotatable bonds is 9. The van der Waals surface area contributed by atoms with Crippen molar-refractivity contribution in [2.75, 3.05) is 50.4 Å². The van der Waals surface area contributed by atoms with Gasteiger partial charge < -0.3 is 24.4 Å². The van der Waals surface area contributed by atoms with Gasteiger partial charge in [-0.1, -0.05) is 0 Å². The lowest BCUT2D eigenvalue weighted by Crippen LogP contribution is -2.36.